The number of tetrazole rings is 1. The van der Waals surface area contributed by atoms with Gasteiger partial charge in [0.1, 0.15) is 5.75 Å². The van der Waals surface area contributed by atoms with E-state index in [4.69, 9.17) is 10.5 Å². The van der Waals surface area contributed by atoms with Crippen LogP contribution in [0.3, 0.4) is 0 Å². The van der Waals surface area contributed by atoms with Crippen molar-refractivity contribution in [1.82, 2.24) is 20.2 Å². The van der Waals surface area contributed by atoms with Crippen LogP contribution in [0.5, 0.6) is 5.75 Å². The van der Waals surface area contributed by atoms with E-state index in [-0.39, 0.29) is 0 Å². The maximum absolute atomic E-state index is 6.31. The average Bonchev–Trinajstić information content (AvgIpc) is 2.74. The molecule has 2 N–H and O–H groups in total. The number of methoxy groups -OCH3 is 1. The summed E-state index contributed by atoms with van der Waals surface area (Å²) >= 11 is 0. The Morgan fingerprint density at radius 3 is 2.50 bits per heavy atom. The van der Waals surface area contributed by atoms with Gasteiger partial charge in [0.05, 0.1) is 14.2 Å². The minimum absolute atomic E-state index is 0.532. The second kappa shape index (κ2) is 4.73. The van der Waals surface area contributed by atoms with E-state index in [9.17, 15) is 0 Å². The summed E-state index contributed by atoms with van der Waals surface area (Å²) in [5.41, 5.74) is 6.79. The Labute approximate surface area is 106 Å². The van der Waals surface area contributed by atoms with Crippen LogP contribution in [0.4, 0.5) is 0 Å². The Kier molecular flexibility index (Phi) is 3.29. The summed E-state index contributed by atoms with van der Waals surface area (Å²) < 4.78 is 5.12. The SMILES string of the molecule is COc1ccc(C(C)(N)Cc2nnn(C)n2)cc1. The van der Waals surface area contributed by atoms with E-state index in [1.54, 1.807) is 14.2 Å². The zero-order valence-electron chi connectivity index (χ0n) is 10.8. The second-order valence-electron chi connectivity index (χ2n) is 4.52. The highest BCUT2D eigenvalue weighted by Gasteiger charge is 2.24. The van der Waals surface area contributed by atoms with Crippen molar-refractivity contribution in [3.8, 4) is 5.75 Å². The van der Waals surface area contributed by atoms with Crippen molar-refractivity contribution in [3.05, 3.63) is 35.7 Å². The summed E-state index contributed by atoms with van der Waals surface area (Å²) in [6, 6.07) is 7.69. The molecule has 0 saturated carbocycles. The molecule has 2 rings (SSSR count). The Hall–Kier alpha value is -1.95. The molecule has 1 heterocycles. The number of hydrogen-bond acceptors (Lipinski definition) is 5. The minimum Gasteiger partial charge on any atom is -0.497 e. The predicted octanol–water partition coefficient (Wildman–Crippen LogP) is 0.635. The van der Waals surface area contributed by atoms with E-state index in [0.717, 1.165) is 11.3 Å². The Balaban J connectivity index is 2.18. The quantitative estimate of drug-likeness (QED) is 0.857. The van der Waals surface area contributed by atoms with Gasteiger partial charge in [-0.15, -0.1) is 10.2 Å². The van der Waals surface area contributed by atoms with Gasteiger partial charge >= 0.3 is 0 Å². The summed E-state index contributed by atoms with van der Waals surface area (Å²) in [5.74, 6) is 1.45. The van der Waals surface area contributed by atoms with Crippen molar-refractivity contribution in [2.45, 2.75) is 18.9 Å². The van der Waals surface area contributed by atoms with Crippen molar-refractivity contribution in [1.29, 1.82) is 0 Å². The number of nitrogens with two attached hydrogens (primary N) is 1. The first kappa shape index (κ1) is 12.5. The molecule has 1 unspecified atom stereocenters. The third-order valence-electron chi connectivity index (χ3n) is 2.82. The monoisotopic (exact) mass is 247 g/mol. The molecule has 18 heavy (non-hydrogen) atoms. The van der Waals surface area contributed by atoms with Crippen molar-refractivity contribution in [2.75, 3.05) is 7.11 Å². The molecule has 2 aromatic rings. The molecule has 0 aliphatic carbocycles. The number of nitrogens with zero attached hydrogens (tertiary/aromatic N) is 4. The summed E-state index contributed by atoms with van der Waals surface area (Å²) in [5, 5.41) is 11.9. The molecule has 0 spiro atoms. The van der Waals surface area contributed by atoms with Gasteiger partial charge in [-0.3, -0.25) is 0 Å². The largest absolute Gasteiger partial charge is 0.497 e. The molecule has 0 fully saturated rings. The van der Waals surface area contributed by atoms with E-state index in [1.165, 1.54) is 4.80 Å². The number of benzene rings is 1. The fraction of sp³-hybridized carbons (Fsp3) is 0.417. The van der Waals surface area contributed by atoms with Gasteiger partial charge < -0.3 is 10.5 Å². The van der Waals surface area contributed by atoms with Crippen LogP contribution in [0.15, 0.2) is 24.3 Å². The van der Waals surface area contributed by atoms with Gasteiger partial charge in [0.25, 0.3) is 0 Å². The van der Waals surface area contributed by atoms with E-state index < -0.39 is 5.54 Å². The van der Waals surface area contributed by atoms with Crippen molar-refractivity contribution in [2.24, 2.45) is 12.8 Å². The van der Waals surface area contributed by atoms with Crippen LogP contribution in [-0.2, 0) is 19.0 Å². The summed E-state index contributed by atoms with van der Waals surface area (Å²) in [4.78, 5) is 1.43. The molecule has 1 aromatic heterocycles. The molecule has 0 radical (unpaired) electrons. The molecule has 96 valence electrons. The molecular weight excluding hydrogens is 230 g/mol. The van der Waals surface area contributed by atoms with E-state index in [2.05, 4.69) is 15.4 Å². The number of rotatable bonds is 4. The maximum Gasteiger partial charge on any atom is 0.176 e. The van der Waals surface area contributed by atoms with Gasteiger partial charge in [-0.05, 0) is 29.8 Å². The van der Waals surface area contributed by atoms with Crippen molar-refractivity contribution >= 4 is 0 Å². The average molecular weight is 247 g/mol. The minimum atomic E-state index is -0.532. The van der Waals surface area contributed by atoms with Crippen LogP contribution in [-0.4, -0.2) is 27.3 Å². The lowest BCUT2D eigenvalue weighted by Gasteiger charge is -2.23. The molecule has 1 aromatic carbocycles. The highest BCUT2D eigenvalue weighted by Crippen LogP contribution is 2.23. The number of aromatic nitrogens is 4. The van der Waals surface area contributed by atoms with Crippen LogP contribution < -0.4 is 10.5 Å². The van der Waals surface area contributed by atoms with E-state index in [0.29, 0.717) is 12.2 Å². The van der Waals surface area contributed by atoms with Gasteiger partial charge in [0, 0.05) is 12.0 Å². The lowest BCUT2D eigenvalue weighted by molar-refractivity contribution is 0.413. The van der Waals surface area contributed by atoms with Crippen LogP contribution in [0, 0.1) is 0 Å². The molecule has 1 atom stereocenters. The summed E-state index contributed by atoms with van der Waals surface area (Å²) in [7, 11) is 3.37. The molecule has 0 amide bonds. The highest BCUT2D eigenvalue weighted by molar-refractivity contribution is 5.31. The molecule has 0 bridgehead atoms. The van der Waals surface area contributed by atoms with Gasteiger partial charge in [0.15, 0.2) is 5.82 Å². The van der Waals surface area contributed by atoms with Crippen LogP contribution in [0.1, 0.15) is 18.3 Å². The Morgan fingerprint density at radius 2 is 2.00 bits per heavy atom. The first-order valence-corrected chi connectivity index (χ1v) is 5.67. The van der Waals surface area contributed by atoms with Crippen molar-refractivity contribution < 1.29 is 4.74 Å². The summed E-state index contributed by atoms with van der Waals surface area (Å²) in [6.07, 6.45) is 0.535. The third-order valence-corrected chi connectivity index (χ3v) is 2.82. The number of ether oxygens (including phenoxy) is 1. The molecule has 0 saturated heterocycles. The normalized spacial score (nSPS) is 14.2. The van der Waals surface area contributed by atoms with Crippen LogP contribution in [0.25, 0.3) is 0 Å². The smallest absolute Gasteiger partial charge is 0.176 e. The van der Waals surface area contributed by atoms with Gasteiger partial charge in [-0.2, -0.15) is 4.80 Å². The number of hydrogen-bond donors (Lipinski definition) is 1. The highest BCUT2D eigenvalue weighted by atomic mass is 16.5. The van der Waals surface area contributed by atoms with Gasteiger partial charge in [-0.25, -0.2) is 0 Å². The fourth-order valence-electron chi connectivity index (χ4n) is 1.80. The van der Waals surface area contributed by atoms with Crippen LogP contribution >= 0.6 is 0 Å². The molecular formula is C12H17N5O. The zero-order valence-corrected chi connectivity index (χ0v) is 10.8. The van der Waals surface area contributed by atoms with Crippen molar-refractivity contribution in [3.63, 3.8) is 0 Å². The standard InChI is InChI=1S/C12H17N5O/c1-12(13,8-11-14-16-17(2)15-11)9-4-6-10(18-3)7-5-9/h4-7H,8,13H2,1-3H3. The first-order chi connectivity index (χ1) is 8.51. The Bertz CT molecular complexity index is 518. The third kappa shape index (κ3) is 2.65. The van der Waals surface area contributed by atoms with E-state index >= 15 is 0 Å². The number of aryl methyl sites for hydroxylation is 1. The topological polar surface area (TPSA) is 78.9 Å². The lowest BCUT2D eigenvalue weighted by atomic mass is 9.89. The second-order valence-corrected chi connectivity index (χ2v) is 4.52. The van der Waals surface area contributed by atoms with Gasteiger partial charge in [-0.1, -0.05) is 12.1 Å². The predicted molar refractivity (Wildman–Crippen MR) is 67.0 cm³/mol. The first-order valence-electron chi connectivity index (χ1n) is 5.67. The molecule has 0 aliphatic rings. The summed E-state index contributed by atoms with van der Waals surface area (Å²) in [6.45, 7) is 1.95. The van der Waals surface area contributed by atoms with Crippen LogP contribution in [0.2, 0.25) is 0 Å². The Morgan fingerprint density at radius 1 is 1.33 bits per heavy atom. The molecule has 6 nitrogen and oxygen atoms in total. The molecule has 6 heteroatoms. The van der Waals surface area contributed by atoms with E-state index in [1.807, 2.05) is 31.2 Å². The van der Waals surface area contributed by atoms with Gasteiger partial charge in [0.2, 0.25) is 0 Å². The maximum atomic E-state index is 6.31. The zero-order chi connectivity index (χ0) is 13.2. The molecule has 0 aliphatic heterocycles. The lowest BCUT2D eigenvalue weighted by Crippen LogP contribution is -2.35. The fourth-order valence-corrected chi connectivity index (χ4v) is 1.80.